The molecule has 1 unspecified atom stereocenters. The average molecular weight is 509 g/mol. The van der Waals surface area contributed by atoms with Gasteiger partial charge in [0.2, 0.25) is 0 Å². The largest absolute Gasteiger partial charge is 0.507 e. The van der Waals surface area contributed by atoms with Crippen molar-refractivity contribution in [3.8, 4) is 17.2 Å². The molecule has 2 fully saturated rings. The molecule has 7 heteroatoms. The van der Waals surface area contributed by atoms with Crippen LogP contribution in [0.2, 0.25) is 0 Å². The molecule has 0 radical (unpaired) electrons. The molecule has 6 rings (SSSR count). The Morgan fingerprint density at radius 1 is 1.14 bits per heavy atom. The van der Waals surface area contributed by atoms with E-state index in [-0.39, 0.29) is 65.3 Å². The Bertz CT molecular complexity index is 1260. The summed E-state index contributed by atoms with van der Waals surface area (Å²) < 4.78 is 19.3. The fourth-order valence-corrected chi connectivity index (χ4v) is 6.51. The smallest absolute Gasteiger partial charge is 0.200 e. The Hall–Kier alpha value is -2.90. The highest BCUT2D eigenvalue weighted by Gasteiger charge is 2.79. The lowest BCUT2D eigenvalue weighted by Gasteiger charge is -2.58. The lowest BCUT2D eigenvalue weighted by atomic mass is 9.49. The molecule has 1 aromatic carbocycles. The SMILES string of the molecule is CC(C)=CCc1c(O)cc(O)c2c1O[C@@]13C(=C[C@H]4C(=O)C1(CC=C(C)C)OC[C@@H]3[C@H]4COC(C)C)C2=O. The summed E-state index contributed by atoms with van der Waals surface area (Å²) in [7, 11) is 0. The highest BCUT2D eigenvalue weighted by molar-refractivity contribution is 6.18. The molecule has 3 aliphatic carbocycles. The molecule has 4 bridgehead atoms. The van der Waals surface area contributed by atoms with Crippen LogP contribution in [0.25, 0.3) is 0 Å². The zero-order valence-corrected chi connectivity index (χ0v) is 22.4. The highest BCUT2D eigenvalue weighted by atomic mass is 16.6. The van der Waals surface area contributed by atoms with E-state index >= 15 is 0 Å². The second kappa shape index (κ2) is 8.84. The minimum Gasteiger partial charge on any atom is -0.507 e. The van der Waals surface area contributed by atoms with Gasteiger partial charge in [-0.05, 0) is 48.0 Å². The molecule has 2 N–H and O–H groups in total. The average Bonchev–Trinajstić information content (AvgIpc) is 3.09. The van der Waals surface area contributed by atoms with Crippen molar-refractivity contribution in [2.24, 2.45) is 17.8 Å². The van der Waals surface area contributed by atoms with Gasteiger partial charge in [-0.3, -0.25) is 9.59 Å². The fourth-order valence-electron chi connectivity index (χ4n) is 6.51. The first-order valence-electron chi connectivity index (χ1n) is 13.0. The molecule has 0 amide bonds. The second-order valence-electron chi connectivity index (χ2n) is 11.5. The van der Waals surface area contributed by atoms with E-state index in [1.54, 1.807) is 6.08 Å². The molecule has 1 saturated heterocycles. The summed E-state index contributed by atoms with van der Waals surface area (Å²) in [4.78, 5) is 28.3. The number of benzene rings is 1. The molecule has 37 heavy (non-hydrogen) atoms. The van der Waals surface area contributed by atoms with E-state index < -0.39 is 17.1 Å². The standard InChI is InChI=1S/C30H36O7/c1-15(2)7-8-18-23(31)12-24(32)25-26(33)21-11-19-20(13-35-17(5)6)22-14-36-29(28(19)34,10-9-16(3)4)30(21,22)37-27(18)25/h7,9,11-12,17,19-20,22,31-32H,8,10,13-14H2,1-6H3/t19-,20+,22-,29?,30-/m1/s1. The number of allylic oxidation sites excluding steroid dienone is 4. The number of phenols is 2. The van der Waals surface area contributed by atoms with E-state index in [1.807, 2.05) is 53.7 Å². The van der Waals surface area contributed by atoms with E-state index in [4.69, 9.17) is 14.2 Å². The van der Waals surface area contributed by atoms with Crippen molar-refractivity contribution >= 4 is 11.6 Å². The quantitative estimate of drug-likeness (QED) is 0.508. The molecular weight excluding hydrogens is 472 g/mol. The topological polar surface area (TPSA) is 102 Å². The Morgan fingerprint density at radius 2 is 1.84 bits per heavy atom. The van der Waals surface area contributed by atoms with Crippen LogP contribution in [-0.4, -0.2) is 52.3 Å². The van der Waals surface area contributed by atoms with Crippen molar-refractivity contribution in [3.05, 3.63) is 52.1 Å². The minimum atomic E-state index is -1.38. The zero-order chi connectivity index (χ0) is 26.9. The Labute approximate surface area is 217 Å². The number of carbonyl (C=O) groups excluding carboxylic acids is 2. The van der Waals surface area contributed by atoms with Gasteiger partial charge in [0.05, 0.1) is 19.3 Å². The molecule has 2 aliphatic heterocycles. The van der Waals surface area contributed by atoms with E-state index in [1.165, 1.54) is 6.07 Å². The Morgan fingerprint density at radius 3 is 2.49 bits per heavy atom. The molecule has 5 atom stereocenters. The second-order valence-corrected chi connectivity index (χ2v) is 11.5. The van der Waals surface area contributed by atoms with Gasteiger partial charge < -0.3 is 24.4 Å². The number of phenolic OH excluding ortho intramolecular Hbond substituents is 2. The van der Waals surface area contributed by atoms with Crippen LogP contribution in [0.3, 0.4) is 0 Å². The molecule has 7 nitrogen and oxygen atoms in total. The summed E-state index contributed by atoms with van der Waals surface area (Å²) >= 11 is 0. The van der Waals surface area contributed by atoms with Crippen LogP contribution in [0, 0.1) is 17.8 Å². The Kier molecular flexibility index (Phi) is 6.15. The van der Waals surface area contributed by atoms with Crippen LogP contribution in [0.1, 0.15) is 63.9 Å². The lowest BCUT2D eigenvalue weighted by Crippen LogP contribution is -2.74. The summed E-state index contributed by atoms with van der Waals surface area (Å²) in [6.07, 6.45) is 6.18. The maximum atomic E-state index is 14.2. The third kappa shape index (κ3) is 3.54. The number of ketones is 2. The van der Waals surface area contributed by atoms with E-state index in [0.717, 1.165) is 11.1 Å². The number of aromatic hydroxyl groups is 2. The number of Topliss-reactive ketones (excluding diaryl/α,β-unsaturated/α-hetero) is 2. The number of rotatable bonds is 7. The minimum absolute atomic E-state index is 0.0199. The summed E-state index contributed by atoms with van der Waals surface area (Å²) in [6, 6.07) is 1.20. The number of hydrogen-bond acceptors (Lipinski definition) is 7. The molecule has 5 aliphatic rings. The van der Waals surface area contributed by atoms with Crippen LogP contribution >= 0.6 is 0 Å². The first kappa shape index (κ1) is 25.7. The molecular formula is C30H36O7. The van der Waals surface area contributed by atoms with Gasteiger partial charge in [0.1, 0.15) is 22.8 Å². The van der Waals surface area contributed by atoms with Crippen molar-refractivity contribution in [2.75, 3.05) is 13.2 Å². The normalized spacial score (nSPS) is 31.0. The third-order valence-electron chi connectivity index (χ3n) is 8.27. The van der Waals surface area contributed by atoms with Gasteiger partial charge in [-0.25, -0.2) is 0 Å². The van der Waals surface area contributed by atoms with Crippen molar-refractivity contribution in [2.45, 2.75) is 71.7 Å². The molecule has 0 aromatic heterocycles. The molecule has 1 saturated carbocycles. The maximum Gasteiger partial charge on any atom is 0.200 e. The molecule has 1 aromatic rings. The first-order valence-corrected chi connectivity index (χ1v) is 13.0. The van der Waals surface area contributed by atoms with E-state index in [0.29, 0.717) is 24.2 Å². The fraction of sp³-hybridized carbons (Fsp3) is 0.533. The van der Waals surface area contributed by atoms with Crippen molar-refractivity contribution < 1.29 is 34.0 Å². The monoisotopic (exact) mass is 508 g/mol. The van der Waals surface area contributed by atoms with Crippen molar-refractivity contribution in [1.82, 2.24) is 0 Å². The van der Waals surface area contributed by atoms with Crippen LogP contribution in [0.15, 0.2) is 41.0 Å². The molecule has 198 valence electrons. The van der Waals surface area contributed by atoms with Crippen LogP contribution in [0.5, 0.6) is 17.2 Å². The molecule has 2 heterocycles. The number of carbonyl (C=O) groups is 2. The lowest BCUT2D eigenvalue weighted by molar-refractivity contribution is -0.173. The van der Waals surface area contributed by atoms with Crippen molar-refractivity contribution in [3.63, 3.8) is 0 Å². The predicted octanol–water partition coefficient (Wildman–Crippen LogP) is 4.84. The number of ether oxygens (including phenoxy) is 3. The Balaban J connectivity index is 1.75. The van der Waals surface area contributed by atoms with Gasteiger partial charge in [0.15, 0.2) is 22.8 Å². The summed E-state index contributed by atoms with van der Waals surface area (Å²) in [5, 5.41) is 21.6. The van der Waals surface area contributed by atoms with Crippen LogP contribution in [0.4, 0.5) is 0 Å². The first-order chi connectivity index (χ1) is 17.4. The third-order valence-corrected chi connectivity index (χ3v) is 8.27. The van der Waals surface area contributed by atoms with E-state index in [2.05, 4.69) is 0 Å². The van der Waals surface area contributed by atoms with Gasteiger partial charge in [-0.2, -0.15) is 0 Å². The summed E-state index contributed by atoms with van der Waals surface area (Å²) in [5.41, 5.74) is 0.106. The van der Waals surface area contributed by atoms with E-state index in [9.17, 15) is 19.8 Å². The highest BCUT2D eigenvalue weighted by Crippen LogP contribution is 2.65. The summed E-state index contributed by atoms with van der Waals surface area (Å²) in [5.74, 6) is -1.93. The van der Waals surface area contributed by atoms with Gasteiger partial charge in [0.25, 0.3) is 0 Å². The number of fused-ring (bicyclic) bond motifs is 1. The molecule has 1 spiro atoms. The predicted molar refractivity (Wildman–Crippen MR) is 138 cm³/mol. The van der Waals surface area contributed by atoms with Crippen molar-refractivity contribution in [1.29, 1.82) is 0 Å². The number of hydrogen-bond donors (Lipinski definition) is 2. The zero-order valence-electron chi connectivity index (χ0n) is 22.4. The maximum absolute atomic E-state index is 14.2. The van der Waals surface area contributed by atoms with Gasteiger partial charge >= 0.3 is 0 Å². The van der Waals surface area contributed by atoms with Gasteiger partial charge in [-0.15, -0.1) is 0 Å². The van der Waals surface area contributed by atoms with Crippen LogP contribution in [-0.2, 0) is 20.7 Å². The van der Waals surface area contributed by atoms with Gasteiger partial charge in [-0.1, -0.05) is 29.4 Å². The van der Waals surface area contributed by atoms with Gasteiger partial charge in [0, 0.05) is 41.4 Å². The summed E-state index contributed by atoms with van der Waals surface area (Å²) in [6.45, 7) is 12.3. The van der Waals surface area contributed by atoms with Crippen LogP contribution < -0.4 is 4.74 Å².